The van der Waals surface area contributed by atoms with Crippen molar-refractivity contribution in [2.75, 3.05) is 31.9 Å². The number of nitrogens with zero attached hydrogens (tertiary/aromatic N) is 3. The molecule has 0 radical (unpaired) electrons. The summed E-state index contributed by atoms with van der Waals surface area (Å²) in [5, 5.41) is 0. The Morgan fingerprint density at radius 2 is 1.82 bits per heavy atom. The Morgan fingerprint density at radius 1 is 1.18 bits per heavy atom. The number of piperazine rings is 1. The number of hydrogen-bond donors (Lipinski definition) is 0. The van der Waals surface area contributed by atoms with E-state index < -0.39 is 21.9 Å². The average molecular weight is 428 g/mol. The molecule has 3 aliphatic rings. The first kappa shape index (κ1) is 19.7. The molecule has 0 unspecified atom stereocenters. The zero-order valence-corrected chi connectivity index (χ0v) is 17.1. The van der Waals surface area contributed by atoms with Crippen molar-refractivity contribution < 1.29 is 22.4 Å². The van der Waals surface area contributed by atoms with Crippen LogP contribution < -0.4 is 0 Å². The quantitative estimate of drug-likeness (QED) is 0.722. The number of benzene rings is 1. The maximum atomic E-state index is 13.1. The Morgan fingerprint density at radius 3 is 2.46 bits per heavy atom. The standard InChI is InChI=1S/C18H22FN3O4S2/c1-18-7-6-16(23)22(18)15(12-27-18)17(24)20-8-10-21(11-9-20)28(25,26)14-4-2-13(19)3-5-14/h2-5,15H,6-12H2,1H3/t15-,18+/m1/s1. The van der Waals surface area contributed by atoms with Crippen LogP contribution in [0.4, 0.5) is 4.39 Å². The van der Waals surface area contributed by atoms with Gasteiger partial charge in [0.1, 0.15) is 11.9 Å². The maximum absolute atomic E-state index is 13.1. The van der Waals surface area contributed by atoms with Crippen LogP contribution in [0.15, 0.2) is 29.2 Å². The minimum atomic E-state index is -3.72. The van der Waals surface area contributed by atoms with E-state index in [1.165, 1.54) is 16.4 Å². The van der Waals surface area contributed by atoms with E-state index in [1.807, 2.05) is 6.92 Å². The van der Waals surface area contributed by atoms with Gasteiger partial charge < -0.3 is 9.80 Å². The molecule has 152 valence electrons. The van der Waals surface area contributed by atoms with E-state index in [4.69, 9.17) is 0 Å². The minimum absolute atomic E-state index is 0.0170. The van der Waals surface area contributed by atoms with Crippen molar-refractivity contribution in [3.8, 4) is 0 Å². The highest BCUT2D eigenvalue weighted by Gasteiger charge is 2.53. The molecule has 7 nitrogen and oxygen atoms in total. The van der Waals surface area contributed by atoms with Crippen LogP contribution in [-0.2, 0) is 19.6 Å². The van der Waals surface area contributed by atoms with E-state index in [9.17, 15) is 22.4 Å². The summed E-state index contributed by atoms with van der Waals surface area (Å²) in [6, 6.07) is 4.27. The number of halogens is 1. The third-order valence-corrected chi connectivity index (χ3v) is 9.15. The third-order valence-electron chi connectivity index (χ3n) is 5.73. The number of fused-ring (bicyclic) bond motifs is 1. The Kier molecular flexibility index (Phi) is 4.91. The molecule has 3 saturated heterocycles. The van der Waals surface area contributed by atoms with Gasteiger partial charge in [-0.3, -0.25) is 9.59 Å². The van der Waals surface area contributed by atoms with Crippen LogP contribution in [0.2, 0.25) is 0 Å². The van der Waals surface area contributed by atoms with Gasteiger partial charge in [-0.25, -0.2) is 12.8 Å². The highest BCUT2D eigenvalue weighted by Crippen LogP contribution is 2.47. The molecule has 0 N–H and O–H groups in total. The molecule has 0 spiro atoms. The van der Waals surface area contributed by atoms with Crippen LogP contribution in [-0.4, -0.2) is 77.2 Å². The number of thioether (sulfide) groups is 1. The summed E-state index contributed by atoms with van der Waals surface area (Å²) in [5.74, 6) is -0.00393. The van der Waals surface area contributed by atoms with Crippen molar-refractivity contribution in [2.24, 2.45) is 0 Å². The lowest BCUT2D eigenvalue weighted by Gasteiger charge is -2.37. The van der Waals surface area contributed by atoms with E-state index in [0.29, 0.717) is 12.2 Å². The molecule has 1 aromatic carbocycles. The first-order chi connectivity index (χ1) is 13.2. The van der Waals surface area contributed by atoms with Crippen LogP contribution in [0.5, 0.6) is 0 Å². The van der Waals surface area contributed by atoms with Crippen molar-refractivity contribution in [1.29, 1.82) is 0 Å². The molecule has 1 aromatic rings. The van der Waals surface area contributed by atoms with Crippen molar-refractivity contribution in [2.45, 2.75) is 35.6 Å². The number of rotatable bonds is 3. The topological polar surface area (TPSA) is 78.0 Å². The zero-order chi connectivity index (χ0) is 20.1. The van der Waals surface area contributed by atoms with Gasteiger partial charge in [0.05, 0.1) is 9.77 Å². The van der Waals surface area contributed by atoms with E-state index >= 15 is 0 Å². The van der Waals surface area contributed by atoms with Gasteiger partial charge in [0.25, 0.3) is 0 Å². The lowest BCUT2D eigenvalue weighted by atomic mass is 10.2. The fraction of sp³-hybridized carbons (Fsp3) is 0.556. The largest absolute Gasteiger partial charge is 0.338 e. The molecule has 3 aliphatic heterocycles. The molecule has 3 heterocycles. The Labute approximate surface area is 167 Å². The zero-order valence-electron chi connectivity index (χ0n) is 15.5. The van der Waals surface area contributed by atoms with Gasteiger partial charge in [-0.05, 0) is 37.6 Å². The first-order valence-corrected chi connectivity index (χ1v) is 11.7. The van der Waals surface area contributed by atoms with Gasteiger partial charge in [-0.1, -0.05) is 0 Å². The normalized spacial score (nSPS) is 28.6. The molecular weight excluding hydrogens is 405 g/mol. The second kappa shape index (κ2) is 7.00. The van der Waals surface area contributed by atoms with Gasteiger partial charge in [-0.2, -0.15) is 4.31 Å². The predicted octanol–water partition coefficient (Wildman–Crippen LogP) is 1.11. The highest BCUT2D eigenvalue weighted by molar-refractivity contribution is 8.01. The average Bonchev–Trinajstić information content (AvgIpc) is 3.17. The monoisotopic (exact) mass is 427 g/mol. The summed E-state index contributed by atoms with van der Waals surface area (Å²) in [4.78, 5) is 28.4. The molecule has 0 bridgehead atoms. The van der Waals surface area contributed by atoms with E-state index in [2.05, 4.69) is 0 Å². The summed E-state index contributed by atoms with van der Waals surface area (Å²) < 4.78 is 39.8. The fourth-order valence-corrected chi connectivity index (χ4v) is 6.96. The molecule has 2 atom stereocenters. The van der Waals surface area contributed by atoms with Crippen LogP contribution in [0, 0.1) is 5.82 Å². The van der Waals surface area contributed by atoms with Crippen LogP contribution in [0.3, 0.4) is 0 Å². The summed E-state index contributed by atoms with van der Waals surface area (Å²) >= 11 is 1.64. The lowest BCUT2D eigenvalue weighted by molar-refractivity contribution is -0.144. The molecule has 10 heteroatoms. The number of hydrogen-bond acceptors (Lipinski definition) is 5. The third kappa shape index (κ3) is 3.21. The molecular formula is C18H22FN3O4S2. The van der Waals surface area contributed by atoms with Crippen LogP contribution >= 0.6 is 11.8 Å². The lowest BCUT2D eigenvalue weighted by Crippen LogP contribution is -2.56. The van der Waals surface area contributed by atoms with Gasteiger partial charge in [0.2, 0.25) is 21.8 Å². The molecule has 0 saturated carbocycles. The van der Waals surface area contributed by atoms with Gasteiger partial charge in [0.15, 0.2) is 0 Å². The second-order valence-corrected chi connectivity index (χ2v) is 10.9. The fourth-order valence-electron chi connectivity index (χ4n) is 4.12. The number of carbonyl (C=O) groups is 2. The van der Waals surface area contributed by atoms with Crippen LogP contribution in [0.1, 0.15) is 19.8 Å². The van der Waals surface area contributed by atoms with Gasteiger partial charge in [-0.15, -0.1) is 11.8 Å². The van der Waals surface area contributed by atoms with Crippen molar-refractivity contribution >= 4 is 33.6 Å². The number of sulfonamides is 1. The van der Waals surface area contributed by atoms with Gasteiger partial charge in [0, 0.05) is 38.4 Å². The van der Waals surface area contributed by atoms with Crippen LogP contribution in [0.25, 0.3) is 0 Å². The highest BCUT2D eigenvalue weighted by atomic mass is 32.2. The first-order valence-electron chi connectivity index (χ1n) is 9.23. The summed E-state index contributed by atoms with van der Waals surface area (Å²) in [5.41, 5.74) is 0. The van der Waals surface area contributed by atoms with Crippen molar-refractivity contribution in [3.63, 3.8) is 0 Å². The summed E-state index contributed by atoms with van der Waals surface area (Å²) in [6.07, 6.45) is 1.22. The predicted molar refractivity (Wildman–Crippen MR) is 102 cm³/mol. The van der Waals surface area contributed by atoms with Crippen molar-refractivity contribution in [1.82, 2.24) is 14.1 Å². The Balaban J connectivity index is 1.42. The summed E-state index contributed by atoms with van der Waals surface area (Å²) in [6.45, 7) is 2.91. The minimum Gasteiger partial charge on any atom is -0.338 e. The molecule has 0 aliphatic carbocycles. The number of amides is 2. The summed E-state index contributed by atoms with van der Waals surface area (Å²) in [7, 11) is -3.72. The maximum Gasteiger partial charge on any atom is 0.246 e. The van der Waals surface area contributed by atoms with Gasteiger partial charge >= 0.3 is 0 Å². The molecule has 2 amide bonds. The molecule has 28 heavy (non-hydrogen) atoms. The molecule has 4 rings (SSSR count). The number of carbonyl (C=O) groups excluding carboxylic acids is 2. The van der Waals surface area contributed by atoms with Crippen molar-refractivity contribution in [3.05, 3.63) is 30.1 Å². The van der Waals surface area contributed by atoms with E-state index in [0.717, 1.165) is 18.6 Å². The Bertz CT molecular complexity index is 900. The Hall–Kier alpha value is -1.65. The SMILES string of the molecule is C[C@]12CCC(=O)N1[C@@H](C(=O)N1CCN(S(=O)(=O)c3ccc(F)cc3)CC1)CS2. The van der Waals surface area contributed by atoms with E-state index in [-0.39, 0.29) is 47.8 Å². The van der Waals surface area contributed by atoms with E-state index in [1.54, 1.807) is 21.6 Å². The second-order valence-electron chi connectivity index (χ2n) is 7.45. The molecule has 0 aromatic heterocycles. The smallest absolute Gasteiger partial charge is 0.246 e. The molecule has 3 fully saturated rings.